The number of rotatable bonds is 5. The summed E-state index contributed by atoms with van der Waals surface area (Å²) < 4.78 is 0.961. The van der Waals surface area contributed by atoms with Gasteiger partial charge in [0, 0.05) is 23.2 Å². The molecule has 0 amide bonds. The van der Waals surface area contributed by atoms with E-state index in [-0.39, 0.29) is 0 Å². The SMILES string of the molecule is CN(CCc1ccccc1)Cc1ccc(Br)c(N)c1. The van der Waals surface area contributed by atoms with Crippen LogP contribution in [0.4, 0.5) is 5.69 Å². The third kappa shape index (κ3) is 4.37. The van der Waals surface area contributed by atoms with Crippen molar-refractivity contribution in [3.8, 4) is 0 Å². The Balaban J connectivity index is 1.87. The van der Waals surface area contributed by atoms with Crippen molar-refractivity contribution in [3.63, 3.8) is 0 Å². The Bertz CT molecular complexity index is 526. The van der Waals surface area contributed by atoms with Crippen LogP contribution < -0.4 is 5.73 Å². The van der Waals surface area contributed by atoms with E-state index >= 15 is 0 Å². The van der Waals surface area contributed by atoms with Crippen molar-refractivity contribution in [3.05, 3.63) is 64.1 Å². The molecule has 2 N–H and O–H groups in total. The minimum absolute atomic E-state index is 0.800. The predicted molar refractivity (Wildman–Crippen MR) is 85.0 cm³/mol. The molecule has 0 bridgehead atoms. The molecule has 0 saturated heterocycles. The Morgan fingerprint density at radius 1 is 1.05 bits per heavy atom. The molecule has 2 aromatic carbocycles. The number of nitrogens with two attached hydrogens (primary N) is 1. The summed E-state index contributed by atoms with van der Waals surface area (Å²) in [5, 5.41) is 0. The fraction of sp³-hybridized carbons (Fsp3) is 0.250. The maximum absolute atomic E-state index is 5.90. The largest absolute Gasteiger partial charge is 0.398 e. The van der Waals surface area contributed by atoms with Crippen molar-refractivity contribution < 1.29 is 0 Å². The molecule has 100 valence electrons. The summed E-state index contributed by atoms with van der Waals surface area (Å²) >= 11 is 3.42. The van der Waals surface area contributed by atoms with E-state index in [1.54, 1.807) is 0 Å². The first-order valence-electron chi connectivity index (χ1n) is 6.41. The normalized spacial score (nSPS) is 10.9. The molecule has 19 heavy (non-hydrogen) atoms. The average molecular weight is 319 g/mol. The average Bonchev–Trinajstić information content (AvgIpc) is 2.42. The molecular formula is C16H19BrN2. The lowest BCUT2D eigenvalue weighted by molar-refractivity contribution is 0.331. The molecule has 0 unspecified atom stereocenters. The van der Waals surface area contributed by atoms with Gasteiger partial charge < -0.3 is 10.6 Å². The highest BCUT2D eigenvalue weighted by atomic mass is 79.9. The Kier molecular flexibility index (Phi) is 5.00. The van der Waals surface area contributed by atoms with Gasteiger partial charge in [-0.2, -0.15) is 0 Å². The number of halogens is 1. The van der Waals surface area contributed by atoms with Crippen LogP contribution >= 0.6 is 15.9 Å². The van der Waals surface area contributed by atoms with Crippen LogP contribution in [0.5, 0.6) is 0 Å². The lowest BCUT2D eigenvalue weighted by atomic mass is 10.1. The molecule has 0 fully saturated rings. The fourth-order valence-electron chi connectivity index (χ4n) is 2.05. The molecule has 3 heteroatoms. The molecular weight excluding hydrogens is 300 g/mol. The standard InChI is InChI=1S/C16H19BrN2/c1-19(10-9-13-5-3-2-4-6-13)12-14-7-8-15(17)16(18)11-14/h2-8,11H,9-10,12,18H2,1H3. The van der Waals surface area contributed by atoms with E-state index in [9.17, 15) is 0 Å². The number of benzene rings is 2. The van der Waals surface area contributed by atoms with Crippen molar-refractivity contribution in [1.29, 1.82) is 0 Å². The number of anilines is 1. The zero-order chi connectivity index (χ0) is 13.7. The molecule has 0 heterocycles. The number of nitrogens with zero attached hydrogens (tertiary/aromatic N) is 1. The van der Waals surface area contributed by atoms with Gasteiger partial charge in [0.2, 0.25) is 0 Å². The van der Waals surface area contributed by atoms with Crippen molar-refractivity contribution >= 4 is 21.6 Å². The van der Waals surface area contributed by atoms with Gasteiger partial charge >= 0.3 is 0 Å². The van der Waals surface area contributed by atoms with Gasteiger partial charge in [0.25, 0.3) is 0 Å². The molecule has 0 aliphatic rings. The summed E-state index contributed by atoms with van der Waals surface area (Å²) in [5.41, 5.74) is 9.32. The topological polar surface area (TPSA) is 29.3 Å². The fourth-order valence-corrected chi connectivity index (χ4v) is 2.29. The summed E-state index contributed by atoms with van der Waals surface area (Å²) in [4.78, 5) is 2.32. The van der Waals surface area contributed by atoms with Crippen molar-refractivity contribution in [1.82, 2.24) is 4.90 Å². The third-order valence-corrected chi connectivity index (χ3v) is 3.86. The summed E-state index contributed by atoms with van der Waals surface area (Å²) in [6.45, 7) is 1.96. The van der Waals surface area contributed by atoms with Crippen molar-refractivity contribution in [2.45, 2.75) is 13.0 Å². The van der Waals surface area contributed by atoms with Gasteiger partial charge in [0.15, 0.2) is 0 Å². The number of hydrogen-bond acceptors (Lipinski definition) is 2. The quantitative estimate of drug-likeness (QED) is 0.852. The number of likely N-dealkylation sites (N-methyl/N-ethyl adjacent to an activating group) is 1. The van der Waals surface area contributed by atoms with E-state index in [0.29, 0.717) is 0 Å². The van der Waals surface area contributed by atoms with Crippen LogP contribution in [0.15, 0.2) is 53.0 Å². The van der Waals surface area contributed by atoms with Gasteiger partial charge in [0.1, 0.15) is 0 Å². The summed E-state index contributed by atoms with van der Waals surface area (Å²) in [7, 11) is 2.14. The summed E-state index contributed by atoms with van der Waals surface area (Å²) in [6.07, 6.45) is 1.07. The number of hydrogen-bond donors (Lipinski definition) is 1. The first-order chi connectivity index (χ1) is 9.15. The Morgan fingerprint density at radius 2 is 1.79 bits per heavy atom. The zero-order valence-electron chi connectivity index (χ0n) is 11.1. The van der Waals surface area contributed by atoms with Gasteiger partial charge in [-0.15, -0.1) is 0 Å². The van der Waals surface area contributed by atoms with E-state index in [1.165, 1.54) is 11.1 Å². The van der Waals surface area contributed by atoms with Crippen LogP contribution in [0.25, 0.3) is 0 Å². The molecule has 0 saturated carbocycles. The highest BCUT2D eigenvalue weighted by molar-refractivity contribution is 9.10. The molecule has 0 atom stereocenters. The van der Waals surface area contributed by atoms with Crippen LogP contribution in [0, 0.1) is 0 Å². The van der Waals surface area contributed by atoms with Gasteiger partial charge in [-0.25, -0.2) is 0 Å². The summed E-state index contributed by atoms with van der Waals surface area (Å²) in [6, 6.07) is 16.7. The van der Waals surface area contributed by atoms with E-state index in [0.717, 1.165) is 29.7 Å². The Hall–Kier alpha value is -1.32. The molecule has 0 aliphatic heterocycles. The second kappa shape index (κ2) is 6.73. The lowest BCUT2D eigenvalue weighted by Crippen LogP contribution is -2.20. The highest BCUT2D eigenvalue weighted by Crippen LogP contribution is 2.20. The smallest absolute Gasteiger partial charge is 0.0461 e. The maximum atomic E-state index is 5.90. The second-order valence-electron chi connectivity index (χ2n) is 4.83. The van der Waals surface area contributed by atoms with Crippen molar-refractivity contribution in [2.75, 3.05) is 19.3 Å². The minimum Gasteiger partial charge on any atom is -0.398 e. The third-order valence-electron chi connectivity index (χ3n) is 3.14. The first kappa shape index (κ1) is 14.1. The molecule has 0 spiro atoms. The maximum Gasteiger partial charge on any atom is 0.0461 e. The lowest BCUT2D eigenvalue weighted by Gasteiger charge is -2.17. The first-order valence-corrected chi connectivity index (χ1v) is 7.21. The molecule has 0 radical (unpaired) electrons. The summed E-state index contributed by atoms with van der Waals surface area (Å²) in [5.74, 6) is 0. The Morgan fingerprint density at radius 3 is 2.47 bits per heavy atom. The predicted octanol–water partition coefficient (Wildman–Crippen LogP) is 3.71. The molecule has 0 aromatic heterocycles. The van der Waals surface area contributed by atoms with Crippen LogP contribution in [0.2, 0.25) is 0 Å². The van der Waals surface area contributed by atoms with E-state index in [1.807, 2.05) is 12.1 Å². The highest BCUT2D eigenvalue weighted by Gasteiger charge is 2.03. The van der Waals surface area contributed by atoms with E-state index < -0.39 is 0 Å². The minimum atomic E-state index is 0.800. The van der Waals surface area contributed by atoms with Gasteiger partial charge in [-0.1, -0.05) is 36.4 Å². The van der Waals surface area contributed by atoms with Gasteiger partial charge in [0.05, 0.1) is 0 Å². The zero-order valence-corrected chi connectivity index (χ0v) is 12.7. The molecule has 2 nitrogen and oxygen atoms in total. The van der Waals surface area contributed by atoms with Crippen LogP contribution in [0.1, 0.15) is 11.1 Å². The monoisotopic (exact) mass is 318 g/mol. The van der Waals surface area contributed by atoms with Crippen LogP contribution in [0.3, 0.4) is 0 Å². The van der Waals surface area contributed by atoms with Gasteiger partial charge in [-0.3, -0.25) is 0 Å². The Labute approximate surface area is 123 Å². The van der Waals surface area contributed by atoms with Crippen LogP contribution in [-0.2, 0) is 13.0 Å². The van der Waals surface area contributed by atoms with E-state index in [2.05, 4.69) is 64.3 Å². The van der Waals surface area contributed by atoms with Crippen LogP contribution in [-0.4, -0.2) is 18.5 Å². The van der Waals surface area contributed by atoms with E-state index in [4.69, 9.17) is 5.73 Å². The molecule has 2 aromatic rings. The van der Waals surface area contributed by atoms with Gasteiger partial charge in [-0.05, 0) is 52.7 Å². The molecule has 2 rings (SSSR count). The molecule has 0 aliphatic carbocycles. The second-order valence-corrected chi connectivity index (χ2v) is 5.68. The number of nitrogen functional groups attached to an aromatic ring is 1. The van der Waals surface area contributed by atoms with Crippen molar-refractivity contribution in [2.24, 2.45) is 0 Å².